The topological polar surface area (TPSA) is 41.3 Å². The van der Waals surface area contributed by atoms with Gasteiger partial charge in [-0.1, -0.05) is 43.6 Å². The van der Waals surface area contributed by atoms with Crippen molar-refractivity contribution in [3.63, 3.8) is 0 Å². The van der Waals surface area contributed by atoms with E-state index in [2.05, 4.69) is 72.5 Å². The lowest BCUT2D eigenvalue weighted by atomic mass is 10.0. The van der Waals surface area contributed by atoms with Gasteiger partial charge < -0.3 is 14.6 Å². The zero-order valence-electron chi connectivity index (χ0n) is 18.2. The Morgan fingerprint density at radius 1 is 1.30 bits per heavy atom. The summed E-state index contributed by atoms with van der Waals surface area (Å²) in [5.41, 5.74) is 4.39. The zero-order chi connectivity index (χ0) is 21.3. The third-order valence-electron chi connectivity index (χ3n) is 6.36. The first-order valence-electron chi connectivity index (χ1n) is 10.9. The number of aromatic nitrogens is 2. The minimum absolute atomic E-state index is 0.590. The number of aliphatic hydroxyl groups excluding tert-OH is 1. The van der Waals surface area contributed by atoms with E-state index in [1.54, 1.807) is 13.1 Å². The lowest BCUT2D eigenvalue weighted by Crippen LogP contribution is -2.23. The van der Waals surface area contributed by atoms with Crippen LogP contribution in [0.3, 0.4) is 0 Å². The third kappa shape index (κ3) is 4.43. The Morgan fingerprint density at radius 3 is 2.63 bits per heavy atom. The molecule has 1 saturated carbocycles. The molecule has 1 N–H and O–H groups in total. The van der Waals surface area contributed by atoms with Gasteiger partial charge in [0.25, 0.3) is 0 Å². The first-order valence-corrected chi connectivity index (χ1v) is 10.9. The van der Waals surface area contributed by atoms with Crippen LogP contribution in [-0.4, -0.2) is 39.2 Å². The number of rotatable bonds is 6. The predicted octanol–water partition coefficient (Wildman–Crippen LogP) is 4.15. The number of aliphatic hydroxyl groups is 1. The van der Waals surface area contributed by atoms with Crippen molar-refractivity contribution in [1.82, 2.24) is 14.5 Å². The Hall–Kier alpha value is -2.61. The van der Waals surface area contributed by atoms with Crippen LogP contribution in [0, 0.1) is 29.6 Å². The summed E-state index contributed by atoms with van der Waals surface area (Å²) in [7, 11) is 0. The molecular formula is C26H31N3O. The van der Waals surface area contributed by atoms with Crippen LogP contribution >= 0.6 is 0 Å². The molecule has 2 unspecified atom stereocenters. The van der Waals surface area contributed by atoms with E-state index in [0.29, 0.717) is 18.3 Å². The summed E-state index contributed by atoms with van der Waals surface area (Å²) in [5, 5.41) is 9.80. The highest BCUT2D eigenvalue weighted by Gasteiger charge is 2.54. The highest BCUT2D eigenvalue weighted by Crippen LogP contribution is 2.51. The first kappa shape index (κ1) is 20.7. The van der Waals surface area contributed by atoms with Crippen LogP contribution < -0.4 is 0 Å². The summed E-state index contributed by atoms with van der Waals surface area (Å²) in [4.78, 5) is 6.74. The number of benzene rings is 1. The quantitative estimate of drug-likeness (QED) is 0.584. The second-order valence-corrected chi connectivity index (χ2v) is 8.63. The lowest BCUT2D eigenvalue weighted by Gasteiger charge is -2.14. The second-order valence-electron chi connectivity index (χ2n) is 8.63. The van der Waals surface area contributed by atoms with Crippen molar-refractivity contribution >= 4 is 5.57 Å². The minimum Gasteiger partial charge on any atom is -0.385 e. The van der Waals surface area contributed by atoms with Gasteiger partial charge in [0.1, 0.15) is 11.9 Å². The van der Waals surface area contributed by atoms with Gasteiger partial charge >= 0.3 is 0 Å². The number of allylic oxidation sites excluding steroid dienone is 3. The molecule has 3 atom stereocenters. The molecule has 30 heavy (non-hydrogen) atoms. The van der Waals surface area contributed by atoms with Crippen LogP contribution in [0.1, 0.15) is 43.8 Å². The van der Waals surface area contributed by atoms with Crippen LogP contribution in [0.2, 0.25) is 0 Å². The van der Waals surface area contributed by atoms with Crippen molar-refractivity contribution in [2.45, 2.75) is 33.4 Å². The molecular weight excluding hydrogens is 370 g/mol. The maximum absolute atomic E-state index is 9.80. The Kier molecular flexibility index (Phi) is 5.94. The summed E-state index contributed by atoms with van der Waals surface area (Å²) >= 11 is 0. The van der Waals surface area contributed by atoms with Gasteiger partial charge in [0.05, 0.1) is 0 Å². The van der Waals surface area contributed by atoms with Crippen molar-refractivity contribution in [3.05, 3.63) is 71.8 Å². The molecule has 156 valence electrons. The molecule has 1 saturated heterocycles. The molecule has 4 nitrogen and oxygen atoms in total. The maximum Gasteiger partial charge on any atom is 0.137 e. The molecule has 4 rings (SSSR count). The van der Waals surface area contributed by atoms with Gasteiger partial charge in [-0.3, -0.25) is 0 Å². The highest BCUT2D eigenvalue weighted by atomic mass is 16.3. The van der Waals surface area contributed by atoms with E-state index < -0.39 is 6.10 Å². The van der Waals surface area contributed by atoms with Crippen LogP contribution in [-0.2, 0) is 6.54 Å². The molecule has 2 aliphatic rings. The van der Waals surface area contributed by atoms with E-state index in [9.17, 15) is 5.11 Å². The Labute approximate surface area is 179 Å². The molecule has 2 fully saturated rings. The summed E-state index contributed by atoms with van der Waals surface area (Å²) in [6.07, 6.45) is 5.09. The van der Waals surface area contributed by atoms with Crippen LogP contribution in [0.4, 0.5) is 0 Å². The summed E-state index contributed by atoms with van der Waals surface area (Å²) in [6.45, 7) is 14.5. The summed E-state index contributed by atoms with van der Waals surface area (Å²) < 4.78 is 1.93. The van der Waals surface area contributed by atoms with Gasteiger partial charge in [-0.05, 0) is 61.1 Å². The summed E-state index contributed by atoms with van der Waals surface area (Å²) in [6, 6.07) is 8.49. The predicted molar refractivity (Wildman–Crippen MR) is 122 cm³/mol. The fourth-order valence-electron chi connectivity index (χ4n) is 4.55. The monoisotopic (exact) mass is 401 g/mol. The number of hydrogen-bond acceptors (Lipinski definition) is 3. The highest BCUT2D eigenvalue weighted by molar-refractivity contribution is 5.66. The van der Waals surface area contributed by atoms with E-state index in [0.717, 1.165) is 35.1 Å². The van der Waals surface area contributed by atoms with E-state index in [1.807, 2.05) is 10.8 Å². The molecule has 0 bridgehead atoms. The van der Waals surface area contributed by atoms with Crippen LogP contribution in [0.15, 0.2) is 54.9 Å². The minimum atomic E-state index is -0.590. The van der Waals surface area contributed by atoms with Gasteiger partial charge in [-0.2, -0.15) is 0 Å². The number of imidazole rings is 1. The standard InChI is InChI=1S/C26H31N3O/c1-5-28-16-24-23(25(24)17-28)11-8-21-6-9-22(10-7-21)19(3)14-18(2)15-29-13-12-27-26(29)20(4)30/h6-7,9-10,12-14,20,23-25,30H,2,5,15-17H2,1,3-4H3/b19-14+/t20-,23?,24?,25?/m0/s1. The summed E-state index contributed by atoms with van der Waals surface area (Å²) in [5.74, 6) is 9.76. The fourth-order valence-corrected chi connectivity index (χ4v) is 4.55. The Bertz CT molecular complexity index is 991. The number of nitrogens with zero attached hydrogens (tertiary/aromatic N) is 3. The van der Waals surface area contributed by atoms with E-state index in [-0.39, 0.29) is 0 Å². The van der Waals surface area contributed by atoms with E-state index in [1.165, 1.54) is 18.7 Å². The van der Waals surface area contributed by atoms with E-state index >= 15 is 0 Å². The van der Waals surface area contributed by atoms with Crippen LogP contribution in [0.25, 0.3) is 5.57 Å². The maximum atomic E-state index is 9.80. The van der Waals surface area contributed by atoms with E-state index in [4.69, 9.17) is 0 Å². The van der Waals surface area contributed by atoms with Crippen LogP contribution in [0.5, 0.6) is 0 Å². The average Bonchev–Trinajstić information content (AvgIpc) is 3.07. The van der Waals surface area contributed by atoms with Gasteiger partial charge in [-0.25, -0.2) is 4.98 Å². The molecule has 1 aliphatic heterocycles. The average molecular weight is 402 g/mol. The van der Waals surface area contributed by atoms with Crippen molar-refractivity contribution in [1.29, 1.82) is 0 Å². The normalized spacial score (nSPS) is 24.1. The Morgan fingerprint density at radius 2 is 2.00 bits per heavy atom. The molecule has 2 aromatic rings. The first-order chi connectivity index (χ1) is 14.5. The molecule has 2 heterocycles. The molecule has 0 radical (unpaired) electrons. The lowest BCUT2D eigenvalue weighted by molar-refractivity contribution is 0.184. The number of piperidine rings is 1. The Balaban J connectivity index is 1.35. The van der Waals surface area contributed by atoms with Gasteiger partial charge in [-0.15, -0.1) is 0 Å². The van der Waals surface area contributed by atoms with Crippen molar-refractivity contribution in [3.8, 4) is 11.8 Å². The largest absolute Gasteiger partial charge is 0.385 e. The SMILES string of the molecule is C=C(/C=C(\C)c1ccc(C#CC2C3CN(CC)CC23)cc1)Cn1ccnc1[C@H](C)O. The molecule has 0 amide bonds. The molecule has 1 aliphatic carbocycles. The molecule has 1 aromatic carbocycles. The van der Waals surface area contributed by atoms with Gasteiger partial charge in [0.15, 0.2) is 0 Å². The number of hydrogen-bond donors (Lipinski definition) is 1. The molecule has 4 heteroatoms. The zero-order valence-corrected chi connectivity index (χ0v) is 18.2. The number of likely N-dealkylation sites (tertiary alicyclic amines) is 1. The van der Waals surface area contributed by atoms with Gasteiger partial charge in [0.2, 0.25) is 0 Å². The van der Waals surface area contributed by atoms with Crippen molar-refractivity contribution in [2.24, 2.45) is 17.8 Å². The van der Waals surface area contributed by atoms with Crippen molar-refractivity contribution in [2.75, 3.05) is 19.6 Å². The fraction of sp³-hybridized carbons (Fsp3) is 0.423. The molecule has 0 spiro atoms. The molecule has 1 aromatic heterocycles. The third-order valence-corrected chi connectivity index (χ3v) is 6.36. The van der Waals surface area contributed by atoms with Gasteiger partial charge in [0, 0.05) is 43.5 Å². The number of fused-ring (bicyclic) bond motifs is 1. The van der Waals surface area contributed by atoms with Crippen molar-refractivity contribution < 1.29 is 5.11 Å². The second kappa shape index (κ2) is 8.63. The smallest absolute Gasteiger partial charge is 0.137 e.